The topological polar surface area (TPSA) is 95.0 Å². The summed E-state index contributed by atoms with van der Waals surface area (Å²) in [7, 11) is 6.14. The molecule has 3 N–H and O–H groups in total. The second kappa shape index (κ2) is 12.0. The maximum atomic E-state index is 10.00. The van der Waals surface area contributed by atoms with Crippen molar-refractivity contribution in [3.8, 4) is 17.1 Å². The van der Waals surface area contributed by atoms with Gasteiger partial charge < -0.3 is 35.0 Å². The van der Waals surface area contributed by atoms with Gasteiger partial charge in [0.25, 0.3) is 0 Å². The number of likely N-dealkylation sites (tertiary alicyclic amines) is 1. The molecule has 2 aliphatic heterocycles. The van der Waals surface area contributed by atoms with Crippen LogP contribution in [0.2, 0.25) is 0 Å². The van der Waals surface area contributed by atoms with E-state index in [2.05, 4.69) is 41.5 Å². The van der Waals surface area contributed by atoms with Gasteiger partial charge >= 0.3 is 0 Å². The Kier molecular flexibility index (Phi) is 8.78. The zero-order valence-electron chi connectivity index (χ0n) is 21.5. The van der Waals surface area contributed by atoms with Gasteiger partial charge in [-0.3, -0.25) is 0 Å². The average Bonchev–Trinajstić information content (AvgIpc) is 3.38. The predicted molar refractivity (Wildman–Crippen MR) is 139 cm³/mol. The molecule has 9 heteroatoms. The van der Waals surface area contributed by atoms with Gasteiger partial charge in [-0.15, -0.1) is 0 Å². The molecule has 0 radical (unpaired) electrons. The third-order valence-electron chi connectivity index (χ3n) is 6.93. The van der Waals surface area contributed by atoms with Crippen molar-refractivity contribution in [2.45, 2.75) is 44.4 Å². The molecule has 9 nitrogen and oxygen atoms in total. The van der Waals surface area contributed by atoms with Crippen LogP contribution < -0.4 is 20.3 Å². The van der Waals surface area contributed by atoms with Crippen LogP contribution in [0.25, 0.3) is 11.4 Å². The molecular weight excluding hydrogens is 444 g/mol. The largest absolute Gasteiger partial charge is 0.491 e. The van der Waals surface area contributed by atoms with E-state index in [1.54, 1.807) is 0 Å². The molecule has 2 atom stereocenters. The first-order chi connectivity index (χ1) is 16.9. The van der Waals surface area contributed by atoms with E-state index < -0.39 is 6.10 Å². The Hall–Kier alpha value is -2.46. The highest BCUT2D eigenvalue weighted by Crippen LogP contribution is 2.32. The van der Waals surface area contributed by atoms with Crippen molar-refractivity contribution in [2.24, 2.45) is 0 Å². The van der Waals surface area contributed by atoms with Crippen molar-refractivity contribution in [1.82, 2.24) is 20.2 Å². The van der Waals surface area contributed by atoms with Crippen LogP contribution in [0.15, 0.2) is 24.3 Å². The van der Waals surface area contributed by atoms with E-state index in [0.717, 1.165) is 61.7 Å². The fraction of sp³-hybridized carbons (Fsp3) is 0.615. The van der Waals surface area contributed by atoms with E-state index in [0.29, 0.717) is 30.8 Å². The van der Waals surface area contributed by atoms with Crippen molar-refractivity contribution >= 4 is 11.6 Å². The van der Waals surface area contributed by atoms with Crippen LogP contribution in [0.4, 0.5) is 11.6 Å². The zero-order valence-corrected chi connectivity index (χ0v) is 21.5. The minimum atomic E-state index is -0.571. The van der Waals surface area contributed by atoms with Gasteiger partial charge in [0.15, 0.2) is 5.82 Å². The molecule has 0 spiro atoms. The molecule has 4 rings (SSSR count). The normalized spacial score (nSPS) is 20.1. The summed E-state index contributed by atoms with van der Waals surface area (Å²) in [6.07, 6.45) is 2.63. The molecule has 2 aromatic rings. The number of benzene rings is 1. The summed E-state index contributed by atoms with van der Waals surface area (Å²) in [5.74, 6) is 3.16. The first-order valence-electron chi connectivity index (χ1n) is 12.6. The van der Waals surface area contributed by atoms with Crippen molar-refractivity contribution in [2.75, 3.05) is 70.8 Å². The van der Waals surface area contributed by atoms with E-state index in [9.17, 15) is 5.11 Å². The maximum Gasteiger partial charge on any atom is 0.164 e. The first kappa shape index (κ1) is 25.6. The number of nitrogens with one attached hydrogen (secondary N) is 2. The van der Waals surface area contributed by atoms with Gasteiger partial charge in [0.1, 0.15) is 30.1 Å². The lowest BCUT2D eigenvalue weighted by Gasteiger charge is -2.36. The number of aliphatic hydroxyl groups excluding tert-OH is 1. The number of piperidine rings is 1. The smallest absolute Gasteiger partial charge is 0.164 e. The third kappa shape index (κ3) is 6.61. The van der Waals surface area contributed by atoms with Crippen molar-refractivity contribution in [3.05, 3.63) is 29.8 Å². The molecular formula is C26H40N6O3. The van der Waals surface area contributed by atoms with Gasteiger partial charge in [-0.1, -0.05) is 12.1 Å². The zero-order chi connectivity index (χ0) is 24.8. The minimum Gasteiger partial charge on any atom is -0.491 e. The van der Waals surface area contributed by atoms with Crippen LogP contribution in [-0.2, 0) is 4.74 Å². The Morgan fingerprint density at radius 1 is 1.26 bits per heavy atom. The molecule has 2 saturated heterocycles. The molecule has 1 aromatic carbocycles. The van der Waals surface area contributed by atoms with Gasteiger partial charge in [-0.05, 0) is 65.5 Å². The Morgan fingerprint density at radius 3 is 2.77 bits per heavy atom. The first-order valence-corrected chi connectivity index (χ1v) is 12.6. The Bertz CT molecular complexity index is 960. The van der Waals surface area contributed by atoms with E-state index in [1.807, 2.05) is 31.3 Å². The third-order valence-corrected chi connectivity index (χ3v) is 6.93. The molecule has 0 amide bonds. The average molecular weight is 485 g/mol. The quantitative estimate of drug-likeness (QED) is 0.469. The number of anilines is 2. The lowest BCUT2D eigenvalue weighted by Crippen LogP contribution is -2.42. The molecule has 0 saturated carbocycles. The minimum absolute atomic E-state index is 0.220. The number of hydrogen-bond donors (Lipinski definition) is 3. The number of ether oxygens (including phenoxy) is 2. The summed E-state index contributed by atoms with van der Waals surface area (Å²) in [5, 5.41) is 16.6. The summed E-state index contributed by atoms with van der Waals surface area (Å²) in [5.41, 5.74) is 1.94. The molecule has 2 fully saturated rings. The van der Waals surface area contributed by atoms with Gasteiger partial charge in [-0.25, -0.2) is 9.97 Å². The second-order valence-electron chi connectivity index (χ2n) is 9.74. The Morgan fingerprint density at radius 2 is 2.06 bits per heavy atom. The van der Waals surface area contributed by atoms with Gasteiger partial charge in [-0.2, -0.15) is 0 Å². The van der Waals surface area contributed by atoms with E-state index >= 15 is 0 Å². The van der Waals surface area contributed by atoms with Gasteiger partial charge in [0, 0.05) is 37.4 Å². The van der Waals surface area contributed by atoms with Gasteiger partial charge in [0.2, 0.25) is 0 Å². The molecule has 1 aromatic heterocycles. The van der Waals surface area contributed by atoms with E-state index in [-0.39, 0.29) is 12.6 Å². The summed E-state index contributed by atoms with van der Waals surface area (Å²) in [6, 6.07) is 8.48. The Balaban J connectivity index is 1.63. The highest BCUT2D eigenvalue weighted by Gasteiger charge is 2.26. The number of aliphatic hydroxyl groups is 1. The standard InChI is InChI=1S/C26H40N6O3/c1-18-24(28-20-10-13-34-16-20)29-25(30-26(18)32(4)21-8-11-31(3)12-9-21)19-6-5-7-23(14-19)35-17-22(33)15-27-2/h5-7,14,20-22,27,33H,8-13,15-17H2,1-4H3,(H,28,29,30). The molecule has 0 aliphatic carbocycles. The van der Waals surface area contributed by atoms with Gasteiger partial charge in [0.05, 0.1) is 12.6 Å². The molecule has 192 valence electrons. The number of nitrogens with zero attached hydrogens (tertiary/aromatic N) is 4. The molecule has 0 bridgehead atoms. The number of rotatable bonds is 10. The van der Waals surface area contributed by atoms with Crippen LogP contribution in [0.3, 0.4) is 0 Å². The van der Waals surface area contributed by atoms with Crippen molar-refractivity contribution in [3.63, 3.8) is 0 Å². The lowest BCUT2D eigenvalue weighted by molar-refractivity contribution is 0.108. The van der Waals surface area contributed by atoms with E-state index in [1.165, 1.54) is 0 Å². The molecule has 35 heavy (non-hydrogen) atoms. The van der Waals surface area contributed by atoms with E-state index in [4.69, 9.17) is 19.4 Å². The van der Waals surface area contributed by atoms with Crippen LogP contribution in [-0.4, -0.2) is 98.8 Å². The van der Waals surface area contributed by atoms with Crippen LogP contribution in [0.1, 0.15) is 24.8 Å². The fourth-order valence-electron chi connectivity index (χ4n) is 4.73. The Labute approximate surface area is 208 Å². The van der Waals surface area contributed by atoms with Crippen molar-refractivity contribution in [1.29, 1.82) is 0 Å². The summed E-state index contributed by atoms with van der Waals surface area (Å²) in [6.45, 7) is 6.45. The number of hydrogen-bond acceptors (Lipinski definition) is 9. The maximum absolute atomic E-state index is 10.00. The van der Waals surface area contributed by atoms with Crippen molar-refractivity contribution < 1.29 is 14.6 Å². The monoisotopic (exact) mass is 484 g/mol. The highest BCUT2D eigenvalue weighted by molar-refractivity contribution is 5.67. The number of aromatic nitrogens is 2. The molecule has 3 heterocycles. The van der Waals surface area contributed by atoms with Crippen LogP contribution in [0, 0.1) is 6.92 Å². The summed E-state index contributed by atoms with van der Waals surface area (Å²) >= 11 is 0. The highest BCUT2D eigenvalue weighted by atomic mass is 16.5. The SMILES string of the molecule is CNCC(O)COc1cccc(-c2nc(NC3CCOC3)c(C)c(N(C)C3CCN(C)CC3)n2)c1. The van der Waals surface area contributed by atoms with Crippen LogP contribution >= 0.6 is 0 Å². The molecule has 2 unspecified atom stereocenters. The predicted octanol–water partition coefficient (Wildman–Crippen LogP) is 2.14. The molecule has 2 aliphatic rings. The number of likely N-dealkylation sites (N-methyl/N-ethyl adjacent to an activating group) is 1. The van der Waals surface area contributed by atoms with Crippen LogP contribution in [0.5, 0.6) is 5.75 Å². The summed E-state index contributed by atoms with van der Waals surface area (Å²) < 4.78 is 11.4. The summed E-state index contributed by atoms with van der Waals surface area (Å²) in [4.78, 5) is 14.7. The second-order valence-corrected chi connectivity index (χ2v) is 9.74. The lowest BCUT2D eigenvalue weighted by atomic mass is 10.0. The fourth-order valence-corrected chi connectivity index (χ4v) is 4.73.